The van der Waals surface area contributed by atoms with Crippen molar-refractivity contribution >= 4 is 23.2 Å². The van der Waals surface area contributed by atoms with Gasteiger partial charge in [-0.25, -0.2) is 0 Å². The Bertz CT molecular complexity index is 634. The summed E-state index contributed by atoms with van der Waals surface area (Å²) in [5, 5.41) is 4.18. The quantitative estimate of drug-likeness (QED) is 0.622. The lowest BCUT2D eigenvalue weighted by Crippen LogP contribution is -2.29. The van der Waals surface area contributed by atoms with Gasteiger partial charge in [0, 0.05) is 0 Å². The van der Waals surface area contributed by atoms with Crippen molar-refractivity contribution in [1.29, 1.82) is 0 Å². The van der Waals surface area contributed by atoms with Crippen LogP contribution in [-0.2, 0) is 0 Å². The van der Waals surface area contributed by atoms with E-state index in [-0.39, 0.29) is 0 Å². The summed E-state index contributed by atoms with van der Waals surface area (Å²) in [6, 6.07) is 32.6. The molecule has 0 amide bonds. The number of hydrogen-bond donors (Lipinski definition) is 0. The van der Waals surface area contributed by atoms with E-state index in [1.807, 2.05) is 0 Å². The summed E-state index contributed by atoms with van der Waals surface area (Å²) in [7, 11) is -1.73. The zero-order chi connectivity index (χ0) is 15.3. The number of hydrogen-bond acceptors (Lipinski definition) is 0. The van der Waals surface area contributed by atoms with E-state index in [9.17, 15) is 0 Å². The first kappa shape index (κ1) is 14.8. The fourth-order valence-electron chi connectivity index (χ4n) is 2.92. The minimum absolute atomic E-state index is 1.39. The van der Waals surface area contributed by atoms with Crippen molar-refractivity contribution in [2.75, 3.05) is 0 Å². The van der Waals surface area contributed by atoms with E-state index in [0.717, 1.165) is 0 Å². The average molecular weight is 303 g/mol. The van der Waals surface area contributed by atoms with Crippen molar-refractivity contribution in [3.63, 3.8) is 0 Å². The highest BCUT2D eigenvalue weighted by atomic mass is 31.2. The van der Waals surface area contributed by atoms with Crippen molar-refractivity contribution in [3.8, 4) is 0 Å². The van der Waals surface area contributed by atoms with Gasteiger partial charge in [-0.15, -0.1) is 0 Å². The lowest BCUT2D eigenvalue weighted by Gasteiger charge is -2.23. The lowest BCUT2D eigenvalue weighted by atomic mass is 10.4. The first-order chi connectivity index (χ1) is 10.9. The molecule has 0 saturated heterocycles. The number of allylic oxidation sites excluding steroid dienone is 1. The van der Waals surface area contributed by atoms with Crippen LogP contribution in [0.2, 0.25) is 0 Å². The molecule has 0 unspecified atom stereocenters. The summed E-state index contributed by atoms with van der Waals surface area (Å²) in [6.07, 6.45) is 2.20. The molecule has 0 aliphatic heterocycles. The molecule has 108 valence electrons. The third kappa shape index (κ3) is 2.63. The summed E-state index contributed by atoms with van der Waals surface area (Å²) in [5.74, 6) is 2.41. The SMILES string of the molecule is C/C=C/[P+](c1ccccc1)(c1ccccc1)c1ccccc1. The van der Waals surface area contributed by atoms with Gasteiger partial charge in [0.15, 0.2) is 0 Å². The van der Waals surface area contributed by atoms with Gasteiger partial charge in [0.2, 0.25) is 0 Å². The van der Waals surface area contributed by atoms with Gasteiger partial charge in [-0.05, 0) is 43.3 Å². The highest BCUT2D eigenvalue weighted by Crippen LogP contribution is 2.56. The third-order valence-corrected chi connectivity index (χ3v) is 7.95. The summed E-state index contributed by atoms with van der Waals surface area (Å²) in [5.41, 5.74) is 0. The largest absolute Gasteiger partial charge is 0.136 e. The zero-order valence-corrected chi connectivity index (χ0v) is 13.7. The van der Waals surface area contributed by atoms with E-state index >= 15 is 0 Å². The molecule has 3 aromatic rings. The van der Waals surface area contributed by atoms with Crippen LogP contribution in [0.4, 0.5) is 0 Å². The molecule has 0 aliphatic rings. The second kappa shape index (κ2) is 6.73. The molecule has 0 atom stereocenters. The van der Waals surface area contributed by atoms with Crippen molar-refractivity contribution in [1.82, 2.24) is 0 Å². The molecule has 0 spiro atoms. The van der Waals surface area contributed by atoms with Gasteiger partial charge in [0.05, 0.1) is 5.82 Å². The molecule has 0 aromatic heterocycles. The molecule has 0 radical (unpaired) electrons. The molecule has 0 bridgehead atoms. The molecule has 0 nitrogen and oxygen atoms in total. The van der Waals surface area contributed by atoms with E-state index in [4.69, 9.17) is 0 Å². The topological polar surface area (TPSA) is 0 Å². The van der Waals surface area contributed by atoms with Crippen LogP contribution >= 0.6 is 7.26 Å². The van der Waals surface area contributed by atoms with Crippen LogP contribution < -0.4 is 15.9 Å². The maximum Gasteiger partial charge on any atom is 0.136 e. The summed E-state index contributed by atoms with van der Waals surface area (Å²) >= 11 is 0. The molecule has 1 heteroatoms. The van der Waals surface area contributed by atoms with E-state index < -0.39 is 7.26 Å². The Hall–Kier alpha value is -2.17. The summed E-state index contributed by atoms with van der Waals surface area (Å²) < 4.78 is 0. The molecule has 0 heterocycles. The Kier molecular flexibility index (Phi) is 4.51. The molecular formula is C21H20P+. The Morgan fingerprint density at radius 3 is 1.14 bits per heavy atom. The Balaban J connectivity index is 2.34. The smallest absolute Gasteiger partial charge is 0.0620 e. The van der Waals surface area contributed by atoms with Crippen molar-refractivity contribution < 1.29 is 0 Å². The van der Waals surface area contributed by atoms with Crippen molar-refractivity contribution in [2.45, 2.75) is 6.92 Å². The first-order valence-electron chi connectivity index (χ1n) is 7.57. The molecular weight excluding hydrogens is 283 g/mol. The van der Waals surface area contributed by atoms with Crippen molar-refractivity contribution in [3.05, 3.63) is 103 Å². The second-order valence-electron chi connectivity index (χ2n) is 5.21. The van der Waals surface area contributed by atoms with Crippen LogP contribution in [0.15, 0.2) is 103 Å². The molecule has 0 N–H and O–H groups in total. The van der Waals surface area contributed by atoms with Crippen LogP contribution in [0, 0.1) is 0 Å². The number of rotatable bonds is 4. The standard InChI is InChI=1S/C21H20P/c1-2-18-22(19-12-6-3-7-13-19,20-14-8-4-9-15-20)21-16-10-5-11-17-21/h2-18H,1H3/q+1/b18-2+. The maximum absolute atomic E-state index is 2.41. The first-order valence-corrected chi connectivity index (χ1v) is 9.43. The molecule has 22 heavy (non-hydrogen) atoms. The van der Waals surface area contributed by atoms with Crippen LogP contribution in [-0.4, -0.2) is 0 Å². The van der Waals surface area contributed by atoms with E-state index in [1.54, 1.807) is 0 Å². The molecule has 0 aliphatic carbocycles. The van der Waals surface area contributed by atoms with Gasteiger partial charge < -0.3 is 0 Å². The zero-order valence-electron chi connectivity index (χ0n) is 12.8. The van der Waals surface area contributed by atoms with E-state index in [1.165, 1.54) is 15.9 Å². The highest BCUT2D eigenvalue weighted by Gasteiger charge is 2.42. The van der Waals surface area contributed by atoms with Crippen molar-refractivity contribution in [2.24, 2.45) is 0 Å². The van der Waals surface area contributed by atoms with Crippen LogP contribution in [0.1, 0.15) is 6.92 Å². The minimum atomic E-state index is -1.73. The van der Waals surface area contributed by atoms with Gasteiger partial charge in [0.25, 0.3) is 0 Å². The summed E-state index contributed by atoms with van der Waals surface area (Å²) in [6.45, 7) is 2.11. The molecule has 0 fully saturated rings. The predicted molar refractivity (Wildman–Crippen MR) is 100.0 cm³/mol. The molecule has 0 saturated carbocycles. The number of benzene rings is 3. The fraction of sp³-hybridized carbons (Fsp3) is 0.0476. The maximum atomic E-state index is 2.41. The highest BCUT2D eigenvalue weighted by molar-refractivity contribution is 7.98. The predicted octanol–water partition coefficient (Wildman–Crippen LogP) is 4.51. The summed E-state index contributed by atoms with van der Waals surface area (Å²) in [4.78, 5) is 0. The van der Waals surface area contributed by atoms with Gasteiger partial charge in [-0.3, -0.25) is 0 Å². The van der Waals surface area contributed by atoms with Gasteiger partial charge in [0.1, 0.15) is 23.2 Å². The van der Waals surface area contributed by atoms with Gasteiger partial charge >= 0.3 is 0 Å². The van der Waals surface area contributed by atoms with Crippen LogP contribution in [0.5, 0.6) is 0 Å². The normalized spacial score (nSPS) is 11.7. The van der Waals surface area contributed by atoms with E-state index in [0.29, 0.717) is 0 Å². The van der Waals surface area contributed by atoms with Crippen LogP contribution in [0.25, 0.3) is 0 Å². The Labute approximate surface area is 133 Å². The van der Waals surface area contributed by atoms with Crippen LogP contribution in [0.3, 0.4) is 0 Å². The molecule has 3 aromatic carbocycles. The second-order valence-corrected chi connectivity index (χ2v) is 8.50. The Morgan fingerprint density at radius 1 is 0.545 bits per heavy atom. The third-order valence-electron chi connectivity index (χ3n) is 3.86. The molecule has 3 rings (SSSR count). The average Bonchev–Trinajstić information content (AvgIpc) is 2.62. The monoisotopic (exact) mass is 303 g/mol. The fourth-order valence-corrected chi connectivity index (χ4v) is 6.70. The Morgan fingerprint density at radius 2 is 0.864 bits per heavy atom. The lowest BCUT2D eigenvalue weighted by molar-refractivity contribution is 1.71. The van der Waals surface area contributed by atoms with Gasteiger partial charge in [-0.2, -0.15) is 0 Å². The van der Waals surface area contributed by atoms with E-state index in [2.05, 4.69) is 110 Å². The van der Waals surface area contributed by atoms with Gasteiger partial charge in [-0.1, -0.05) is 60.7 Å². The minimum Gasteiger partial charge on any atom is -0.0620 e.